The summed E-state index contributed by atoms with van der Waals surface area (Å²) in [6.45, 7) is 1.67. The summed E-state index contributed by atoms with van der Waals surface area (Å²) in [4.78, 5) is 5.38. The van der Waals surface area contributed by atoms with Crippen LogP contribution < -0.4 is 0 Å². The van der Waals surface area contributed by atoms with E-state index in [1.54, 1.807) is 19.1 Å². The van der Waals surface area contributed by atoms with Crippen molar-refractivity contribution in [3.05, 3.63) is 65.5 Å². The van der Waals surface area contributed by atoms with Crippen molar-refractivity contribution in [2.24, 2.45) is 0 Å². The van der Waals surface area contributed by atoms with Crippen LogP contribution in [0.4, 0.5) is 0 Å². The first-order valence-corrected chi connectivity index (χ1v) is 8.41. The molecule has 1 unspecified atom stereocenters. The number of rotatable bonds is 5. The molecular formula is C17H15ClN2O2S. The number of aliphatic hydroxyl groups is 1. The van der Waals surface area contributed by atoms with Gasteiger partial charge in [0.15, 0.2) is 0 Å². The molecule has 118 valence electrons. The number of hydrogen-bond donors (Lipinski definition) is 1. The summed E-state index contributed by atoms with van der Waals surface area (Å²) < 4.78 is 5.25. The number of nitrogens with zero attached hydrogens (tertiary/aromatic N) is 2. The topological polar surface area (TPSA) is 59.2 Å². The lowest BCUT2D eigenvalue weighted by Gasteiger charge is -2.17. The van der Waals surface area contributed by atoms with Crippen LogP contribution in [-0.4, -0.2) is 21.0 Å². The van der Waals surface area contributed by atoms with E-state index in [1.807, 2.05) is 42.5 Å². The Bertz CT molecular complexity index is 773. The molecule has 0 amide bonds. The minimum absolute atomic E-state index is 0.200. The second-order valence-corrected chi connectivity index (χ2v) is 6.79. The minimum Gasteiger partial charge on any atom is -0.379 e. The van der Waals surface area contributed by atoms with E-state index in [9.17, 15) is 5.11 Å². The van der Waals surface area contributed by atoms with Crippen LogP contribution in [0.1, 0.15) is 12.8 Å². The summed E-state index contributed by atoms with van der Waals surface area (Å²) in [6, 6.07) is 17.0. The molecule has 3 rings (SSSR count). The average Bonchev–Trinajstić information content (AvgIpc) is 3.06. The molecule has 0 radical (unpaired) electrons. The predicted molar refractivity (Wildman–Crippen MR) is 91.5 cm³/mol. The van der Waals surface area contributed by atoms with Gasteiger partial charge in [-0.1, -0.05) is 35.0 Å². The van der Waals surface area contributed by atoms with Gasteiger partial charge in [-0.3, -0.25) is 0 Å². The molecule has 2 aromatic carbocycles. The highest BCUT2D eigenvalue weighted by atomic mass is 35.5. The van der Waals surface area contributed by atoms with Crippen LogP contribution in [-0.2, 0) is 5.60 Å². The SMILES string of the molecule is CC(O)(CSc1ccccc1)c1nc(-c2ccc(Cl)cc2)no1. The predicted octanol–water partition coefficient (Wildman–Crippen LogP) is 4.39. The molecule has 0 saturated carbocycles. The maximum Gasteiger partial charge on any atom is 0.259 e. The summed E-state index contributed by atoms with van der Waals surface area (Å²) in [6.07, 6.45) is 0. The third-order valence-corrected chi connectivity index (χ3v) is 4.82. The quantitative estimate of drug-likeness (QED) is 0.694. The minimum atomic E-state index is -1.21. The van der Waals surface area contributed by atoms with Crippen molar-refractivity contribution in [3.63, 3.8) is 0 Å². The van der Waals surface area contributed by atoms with E-state index in [0.29, 0.717) is 16.6 Å². The zero-order chi connectivity index (χ0) is 16.3. The van der Waals surface area contributed by atoms with E-state index in [0.717, 1.165) is 10.5 Å². The number of aromatic nitrogens is 2. The van der Waals surface area contributed by atoms with Gasteiger partial charge in [-0.2, -0.15) is 4.98 Å². The maximum atomic E-state index is 10.6. The van der Waals surface area contributed by atoms with E-state index in [-0.39, 0.29) is 5.89 Å². The normalized spacial score (nSPS) is 13.7. The third kappa shape index (κ3) is 3.93. The van der Waals surface area contributed by atoms with Crippen molar-refractivity contribution in [3.8, 4) is 11.4 Å². The molecule has 1 N–H and O–H groups in total. The molecule has 1 aromatic heterocycles. The molecule has 4 nitrogen and oxygen atoms in total. The van der Waals surface area contributed by atoms with Crippen molar-refractivity contribution in [1.29, 1.82) is 0 Å². The van der Waals surface area contributed by atoms with Crippen molar-refractivity contribution >= 4 is 23.4 Å². The molecule has 0 fully saturated rings. The zero-order valence-electron chi connectivity index (χ0n) is 12.4. The fourth-order valence-corrected chi connectivity index (χ4v) is 3.01. The molecule has 23 heavy (non-hydrogen) atoms. The first-order valence-electron chi connectivity index (χ1n) is 7.05. The highest BCUT2D eigenvalue weighted by Gasteiger charge is 2.30. The standard InChI is InChI=1S/C17H15ClN2O2S/c1-17(21,11-23-14-5-3-2-4-6-14)16-19-15(20-22-16)12-7-9-13(18)10-8-12/h2-10,21H,11H2,1H3. The molecule has 0 aliphatic rings. The van der Waals surface area contributed by atoms with Crippen molar-refractivity contribution in [2.75, 3.05) is 5.75 Å². The largest absolute Gasteiger partial charge is 0.379 e. The van der Waals surface area contributed by atoms with Gasteiger partial charge in [0.1, 0.15) is 5.60 Å². The van der Waals surface area contributed by atoms with Gasteiger partial charge in [0.25, 0.3) is 5.89 Å². The van der Waals surface area contributed by atoms with Crippen molar-refractivity contribution in [1.82, 2.24) is 10.1 Å². The summed E-state index contributed by atoms with van der Waals surface area (Å²) in [5.41, 5.74) is -0.422. The summed E-state index contributed by atoms with van der Waals surface area (Å²) in [5, 5.41) is 15.2. The smallest absolute Gasteiger partial charge is 0.259 e. The Hall–Kier alpha value is -1.82. The van der Waals surface area contributed by atoms with Gasteiger partial charge >= 0.3 is 0 Å². The number of halogens is 1. The monoisotopic (exact) mass is 346 g/mol. The van der Waals surface area contributed by atoms with Crippen molar-refractivity contribution in [2.45, 2.75) is 17.4 Å². The Labute approximate surface area is 143 Å². The third-order valence-electron chi connectivity index (χ3n) is 3.25. The Morgan fingerprint density at radius 1 is 1.13 bits per heavy atom. The van der Waals surface area contributed by atoms with Gasteiger partial charge in [-0.25, -0.2) is 0 Å². The van der Waals surface area contributed by atoms with Crippen LogP contribution in [0.2, 0.25) is 5.02 Å². The highest BCUT2D eigenvalue weighted by Crippen LogP contribution is 2.29. The molecule has 0 aliphatic carbocycles. The second-order valence-electron chi connectivity index (χ2n) is 5.31. The molecule has 0 bridgehead atoms. The van der Waals surface area contributed by atoms with Crippen LogP contribution in [0, 0.1) is 0 Å². The van der Waals surface area contributed by atoms with Gasteiger partial charge in [-0.05, 0) is 43.3 Å². The Morgan fingerprint density at radius 2 is 1.83 bits per heavy atom. The lowest BCUT2D eigenvalue weighted by molar-refractivity contribution is 0.0469. The molecule has 1 atom stereocenters. The van der Waals surface area contributed by atoms with Gasteiger partial charge in [0.2, 0.25) is 5.82 Å². The lowest BCUT2D eigenvalue weighted by atomic mass is 10.1. The van der Waals surface area contributed by atoms with Gasteiger partial charge in [0.05, 0.1) is 0 Å². The second kappa shape index (κ2) is 6.74. The van der Waals surface area contributed by atoms with E-state index in [2.05, 4.69) is 10.1 Å². The molecule has 6 heteroatoms. The van der Waals surface area contributed by atoms with E-state index in [4.69, 9.17) is 16.1 Å². The Morgan fingerprint density at radius 3 is 2.52 bits per heavy atom. The van der Waals surface area contributed by atoms with Crippen LogP contribution in [0.15, 0.2) is 64.0 Å². The van der Waals surface area contributed by atoms with E-state index < -0.39 is 5.60 Å². The first-order chi connectivity index (χ1) is 11.0. The van der Waals surface area contributed by atoms with Gasteiger partial charge in [0, 0.05) is 21.2 Å². The van der Waals surface area contributed by atoms with Gasteiger partial charge < -0.3 is 9.63 Å². The molecule has 0 aliphatic heterocycles. The molecule has 0 spiro atoms. The van der Waals surface area contributed by atoms with Gasteiger partial charge in [-0.15, -0.1) is 11.8 Å². The zero-order valence-corrected chi connectivity index (χ0v) is 14.0. The first kappa shape index (κ1) is 16.1. The van der Waals surface area contributed by atoms with E-state index in [1.165, 1.54) is 11.8 Å². The van der Waals surface area contributed by atoms with E-state index >= 15 is 0 Å². The molecular weight excluding hydrogens is 332 g/mol. The fraction of sp³-hybridized carbons (Fsp3) is 0.176. The van der Waals surface area contributed by atoms with Crippen LogP contribution in [0.25, 0.3) is 11.4 Å². The van der Waals surface area contributed by atoms with Crippen LogP contribution in [0.3, 0.4) is 0 Å². The highest BCUT2D eigenvalue weighted by molar-refractivity contribution is 7.99. The van der Waals surface area contributed by atoms with Crippen LogP contribution >= 0.6 is 23.4 Å². The average molecular weight is 347 g/mol. The molecule has 0 saturated heterocycles. The Kier molecular flexibility index (Phi) is 4.71. The fourth-order valence-electron chi connectivity index (χ4n) is 1.96. The van der Waals surface area contributed by atoms with Crippen molar-refractivity contribution < 1.29 is 9.63 Å². The lowest BCUT2D eigenvalue weighted by Crippen LogP contribution is -2.24. The summed E-state index contributed by atoms with van der Waals surface area (Å²) in [5.74, 6) is 1.05. The number of hydrogen-bond acceptors (Lipinski definition) is 5. The maximum absolute atomic E-state index is 10.6. The summed E-state index contributed by atoms with van der Waals surface area (Å²) >= 11 is 7.40. The number of benzene rings is 2. The Balaban J connectivity index is 1.74. The van der Waals surface area contributed by atoms with Crippen LogP contribution in [0.5, 0.6) is 0 Å². The molecule has 3 aromatic rings. The molecule has 1 heterocycles. The number of thioether (sulfide) groups is 1. The summed E-state index contributed by atoms with van der Waals surface area (Å²) in [7, 11) is 0.